The maximum Gasteiger partial charge on any atom is 0.308 e. The summed E-state index contributed by atoms with van der Waals surface area (Å²) in [6.45, 7) is 0.143. The van der Waals surface area contributed by atoms with Gasteiger partial charge in [0.15, 0.2) is 0 Å². The molecule has 60 valence electrons. The third-order valence-electron chi connectivity index (χ3n) is 1.06. The Morgan fingerprint density at radius 1 is 1.73 bits per heavy atom. The highest BCUT2D eigenvalue weighted by molar-refractivity contribution is 5.89. The van der Waals surface area contributed by atoms with E-state index in [0.717, 1.165) is 0 Å². The lowest BCUT2D eigenvalue weighted by molar-refractivity contribution is 0.0927. The first kappa shape index (κ1) is 7.67. The second-order valence-electron chi connectivity index (χ2n) is 1.78. The summed E-state index contributed by atoms with van der Waals surface area (Å²) in [6, 6.07) is 0. The molecule has 1 amide bonds. The van der Waals surface area contributed by atoms with E-state index in [1.807, 2.05) is 0 Å². The fourth-order valence-electron chi connectivity index (χ4n) is 0.535. The molecule has 0 fully saturated rings. The zero-order valence-corrected chi connectivity index (χ0v) is 6.00. The molecule has 0 bridgehead atoms. The normalized spacial score (nSPS) is 9.64. The van der Waals surface area contributed by atoms with Crippen LogP contribution in [0, 0.1) is 0 Å². The molecule has 3 N–H and O–H groups in total. The average molecular weight is 156 g/mol. The van der Waals surface area contributed by atoms with Crippen molar-refractivity contribution in [3.8, 4) is 0 Å². The topological polar surface area (TPSA) is 94.0 Å². The lowest BCUT2D eigenvalue weighted by Crippen LogP contribution is -2.18. The molecule has 1 aromatic rings. The maximum atomic E-state index is 10.8. The number of hydrogen-bond donors (Lipinski definition) is 2. The summed E-state index contributed by atoms with van der Waals surface area (Å²) < 4.78 is 4.83. The summed E-state index contributed by atoms with van der Waals surface area (Å²) in [5, 5.41) is 9.29. The highest BCUT2D eigenvalue weighted by Crippen LogP contribution is 1.96. The van der Waals surface area contributed by atoms with Crippen molar-refractivity contribution in [2.24, 2.45) is 5.73 Å². The standard InChI is InChI=1S/C5H8N4O2/c1-7-4(10)5-9-8-3(2-6)11-5/h2,6H2,1H3,(H,7,10). The Morgan fingerprint density at radius 2 is 2.45 bits per heavy atom. The van der Waals surface area contributed by atoms with Gasteiger partial charge in [-0.05, 0) is 0 Å². The minimum absolute atomic E-state index is 0.0621. The molecule has 0 aliphatic carbocycles. The fourth-order valence-corrected chi connectivity index (χ4v) is 0.535. The van der Waals surface area contributed by atoms with Crippen molar-refractivity contribution in [1.82, 2.24) is 15.5 Å². The van der Waals surface area contributed by atoms with E-state index in [9.17, 15) is 4.79 Å². The number of carbonyl (C=O) groups is 1. The quantitative estimate of drug-likeness (QED) is 0.566. The van der Waals surface area contributed by atoms with Gasteiger partial charge in [0.2, 0.25) is 5.89 Å². The molecule has 0 aliphatic rings. The molecule has 0 unspecified atom stereocenters. The number of carbonyl (C=O) groups excluding carboxylic acids is 1. The molecule has 0 radical (unpaired) electrons. The summed E-state index contributed by atoms with van der Waals surface area (Å²) in [7, 11) is 1.48. The summed E-state index contributed by atoms with van der Waals surface area (Å²) in [5.74, 6) is -0.214. The van der Waals surface area contributed by atoms with Gasteiger partial charge in [-0.3, -0.25) is 4.79 Å². The van der Waals surface area contributed by atoms with E-state index in [-0.39, 0.29) is 18.3 Å². The van der Waals surface area contributed by atoms with Crippen LogP contribution in [-0.2, 0) is 6.54 Å². The summed E-state index contributed by atoms with van der Waals surface area (Å²) in [5.41, 5.74) is 5.18. The first-order chi connectivity index (χ1) is 5.27. The van der Waals surface area contributed by atoms with Crippen LogP contribution in [-0.4, -0.2) is 23.2 Å². The van der Waals surface area contributed by atoms with Gasteiger partial charge in [0.25, 0.3) is 0 Å². The van der Waals surface area contributed by atoms with Crippen LogP contribution in [0.4, 0.5) is 0 Å². The van der Waals surface area contributed by atoms with Crippen LogP contribution in [0.15, 0.2) is 4.42 Å². The van der Waals surface area contributed by atoms with E-state index in [1.165, 1.54) is 7.05 Å². The van der Waals surface area contributed by atoms with Crippen LogP contribution < -0.4 is 11.1 Å². The number of nitrogens with one attached hydrogen (secondary N) is 1. The maximum absolute atomic E-state index is 10.8. The lowest BCUT2D eigenvalue weighted by atomic mass is 10.6. The van der Waals surface area contributed by atoms with Crippen LogP contribution in [0.25, 0.3) is 0 Å². The predicted molar refractivity (Wildman–Crippen MR) is 35.6 cm³/mol. The Hall–Kier alpha value is -1.43. The van der Waals surface area contributed by atoms with Crippen LogP contribution >= 0.6 is 0 Å². The highest BCUT2D eigenvalue weighted by Gasteiger charge is 2.10. The van der Waals surface area contributed by atoms with Gasteiger partial charge in [-0.1, -0.05) is 0 Å². The van der Waals surface area contributed by atoms with E-state index in [1.54, 1.807) is 0 Å². The third kappa shape index (κ3) is 1.53. The number of hydrogen-bond acceptors (Lipinski definition) is 5. The Kier molecular flexibility index (Phi) is 2.17. The van der Waals surface area contributed by atoms with E-state index in [2.05, 4.69) is 15.5 Å². The van der Waals surface area contributed by atoms with Crippen LogP contribution in [0.3, 0.4) is 0 Å². The Balaban J connectivity index is 2.80. The van der Waals surface area contributed by atoms with E-state index >= 15 is 0 Å². The van der Waals surface area contributed by atoms with Crippen molar-refractivity contribution >= 4 is 5.91 Å². The molecule has 11 heavy (non-hydrogen) atoms. The molecule has 0 aliphatic heterocycles. The van der Waals surface area contributed by atoms with Crippen molar-refractivity contribution in [3.63, 3.8) is 0 Å². The predicted octanol–water partition coefficient (Wildman–Crippen LogP) is -1.11. The number of aromatic nitrogens is 2. The van der Waals surface area contributed by atoms with Gasteiger partial charge in [-0.2, -0.15) is 0 Å². The lowest BCUT2D eigenvalue weighted by Gasteiger charge is -1.88. The molecule has 0 saturated carbocycles. The first-order valence-corrected chi connectivity index (χ1v) is 3.02. The van der Waals surface area contributed by atoms with Gasteiger partial charge < -0.3 is 15.5 Å². The Bertz CT molecular complexity index is 257. The monoisotopic (exact) mass is 156 g/mol. The molecule has 1 heterocycles. The molecule has 0 spiro atoms. The summed E-state index contributed by atoms with van der Waals surface area (Å²) in [4.78, 5) is 10.8. The smallest absolute Gasteiger partial charge is 0.308 e. The zero-order chi connectivity index (χ0) is 8.27. The Labute approximate surface area is 62.8 Å². The molecule has 0 saturated heterocycles. The number of nitrogens with zero attached hydrogens (tertiary/aromatic N) is 2. The second kappa shape index (κ2) is 3.11. The van der Waals surface area contributed by atoms with Crippen molar-refractivity contribution in [3.05, 3.63) is 11.8 Å². The van der Waals surface area contributed by atoms with Crippen molar-refractivity contribution in [1.29, 1.82) is 0 Å². The van der Waals surface area contributed by atoms with Crippen LogP contribution in [0.2, 0.25) is 0 Å². The average Bonchev–Trinajstić information content (AvgIpc) is 2.50. The molecular weight excluding hydrogens is 148 g/mol. The molecule has 1 rings (SSSR count). The van der Waals surface area contributed by atoms with Gasteiger partial charge >= 0.3 is 11.8 Å². The minimum Gasteiger partial charge on any atom is -0.416 e. The Morgan fingerprint density at radius 3 is 2.91 bits per heavy atom. The van der Waals surface area contributed by atoms with Gasteiger partial charge in [0, 0.05) is 7.05 Å². The SMILES string of the molecule is CNC(=O)c1nnc(CN)o1. The van der Waals surface area contributed by atoms with Crippen LogP contribution in [0.5, 0.6) is 0 Å². The summed E-state index contributed by atoms with van der Waals surface area (Å²) >= 11 is 0. The number of rotatable bonds is 2. The summed E-state index contributed by atoms with van der Waals surface area (Å²) in [6.07, 6.45) is 0. The van der Waals surface area contributed by atoms with Crippen molar-refractivity contribution < 1.29 is 9.21 Å². The highest BCUT2D eigenvalue weighted by atomic mass is 16.4. The largest absolute Gasteiger partial charge is 0.416 e. The number of nitrogens with two attached hydrogens (primary N) is 1. The van der Waals surface area contributed by atoms with E-state index < -0.39 is 5.91 Å². The van der Waals surface area contributed by atoms with E-state index in [4.69, 9.17) is 10.2 Å². The number of amides is 1. The van der Waals surface area contributed by atoms with Gasteiger partial charge in [-0.25, -0.2) is 0 Å². The van der Waals surface area contributed by atoms with Gasteiger partial charge in [0.05, 0.1) is 6.54 Å². The van der Waals surface area contributed by atoms with Crippen LogP contribution in [0.1, 0.15) is 16.6 Å². The van der Waals surface area contributed by atoms with E-state index in [0.29, 0.717) is 0 Å². The van der Waals surface area contributed by atoms with Crippen molar-refractivity contribution in [2.45, 2.75) is 6.54 Å². The molecule has 6 nitrogen and oxygen atoms in total. The molecule has 6 heteroatoms. The first-order valence-electron chi connectivity index (χ1n) is 3.02. The molecule has 0 aromatic carbocycles. The minimum atomic E-state index is -0.405. The molecular formula is C5H8N4O2. The van der Waals surface area contributed by atoms with Gasteiger partial charge in [-0.15, -0.1) is 10.2 Å². The fraction of sp³-hybridized carbons (Fsp3) is 0.400. The molecule has 1 aromatic heterocycles. The zero-order valence-electron chi connectivity index (χ0n) is 6.00. The second-order valence-corrected chi connectivity index (χ2v) is 1.78. The third-order valence-corrected chi connectivity index (χ3v) is 1.06. The molecule has 0 atom stereocenters. The van der Waals surface area contributed by atoms with Gasteiger partial charge in [0.1, 0.15) is 0 Å². The van der Waals surface area contributed by atoms with Crippen molar-refractivity contribution in [2.75, 3.05) is 7.05 Å².